The first-order chi connectivity index (χ1) is 16.4. The number of carbonyl (C=O) groups is 3. The van der Waals surface area contributed by atoms with Crippen LogP contribution in [0.2, 0.25) is 0 Å². The maximum absolute atomic E-state index is 13.9. The van der Waals surface area contributed by atoms with Crippen molar-refractivity contribution in [2.75, 3.05) is 13.4 Å². The third-order valence-corrected chi connectivity index (χ3v) is 9.19. The largest absolute Gasteiger partial charge is 0.469 e. The van der Waals surface area contributed by atoms with E-state index >= 15 is 0 Å². The minimum absolute atomic E-state index is 0.0657. The van der Waals surface area contributed by atoms with Gasteiger partial charge in [0, 0.05) is 23.8 Å². The van der Waals surface area contributed by atoms with Crippen LogP contribution in [-0.4, -0.2) is 45.4 Å². The molecule has 9 heteroatoms. The van der Waals surface area contributed by atoms with E-state index in [1.54, 1.807) is 13.2 Å². The average molecular weight is 505 g/mol. The number of furan rings is 1. The first-order valence-corrected chi connectivity index (χ1v) is 13.7. The lowest BCUT2D eigenvalue weighted by Gasteiger charge is -2.61. The first kappa shape index (κ1) is 25.6. The summed E-state index contributed by atoms with van der Waals surface area (Å²) in [6.07, 6.45) is 2.95. The Bertz CT molecular complexity index is 1220. The Balaban J connectivity index is 1.82. The Morgan fingerprint density at radius 3 is 2.57 bits per heavy atom. The van der Waals surface area contributed by atoms with Crippen molar-refractivity contribution in [3.05, 3.63) is 23.7 Å². The zero-order valence-corrected chi connectivity index (χ0v) is 21.6. The van der Waals surface area contributed by atoms with E-state index in [0.29, 0.717) is 31.4 Å². The Labute approximate surface area is 206 Å². The van der Waals surface area contributed by atoms with Gasteiger partial charge >= 0.3 is 5.97 Å². The lowest BCUT2D eigenvalue weighted by molar-refractivity contribution is -0.185. The molecule has 3 fully saturated rings. The predicted molar refractivity (Wildman–Crippen MR) is 126 cm³/mol. The lowest BCUT2D eigenvalue weighted by atomic mass is 9.41. The summed E-state index contributed by atoms with van der Waals surface area (Å²) < 4.78 is 39.8. The van der Waals surface area contributed by atoms with E-state index in [9.17, 15) is 22.8 Å². The molecule has 3 aliphatic carbocycles. The number of esters is 1. The van der Waals surface area contributed by atoms with Gasteiger partial charge in [-0.05, 0) is 61.3 Å². The molecule has 1 aromatic rings. The molecule has 0 bridgehead atoms. The minimum Gasteiger partial charge on any atom is -0.469 e. The Morgan fingerprint density at radius 2 is 1.94 bits per heavy atom. The van der Waals surface area contributed by atoms with Crippen LogP contribution < -0.4 is 0 Å². The molecule has 0 saturated heterocycles. The van der Waals surface area contributed by atoms with Gasteiger partial charge in [-0.1, -0.05) is 19.8 Å². The normalized spacial score (nSPS) is 37.0. The highest BCUT2D eigenvalue weighted by molar-refractivity contribution is 7.86. The van der Waals surface area contributed by atoms with E-state index < -0.39 is 44.9 Å². The summed E-state index contributed by atoms with van der Waals surface area (Å²) in [5.41, 5.74) is -0.766. The molecule has 0 radical (unpaired) electrons. The van der Waals surface area contributed by atoms with Gasteiger partial charge in [-0.15, -0.1) is 0 Å². The van der Waals surface area contributed by atoms with E-state index in [2.05, 4.69) is 11.8 Å². The van der Waals surface area contributed by atoms with Crippen LogP contribution in [-0.2, 0) is 33.4 Å². The second kappa shape index (κ2) is 8.90. The minimum atomic E-state index is -3.96. The number of Topliss-reactive ketones (excluding diaryl/α,β-unsaturated/α-hetero) is 2. The molecule has 8 nitrogen and oxygen atoms in total. The molecular formula is C26H32O8S. The van der Waals surface area contributed by atoms with E-state index in [-0.39, 0.29) is 29.8 Å². The van der Waals surface area contributed by atoms with Crippen LogP contribution >= 0.6 is 0 Å². The van der Waals surface area contributed by atoms with E-state index in [1.807, 2.05) is 19.9 Å². The molecule has 35 heavy (non-hydrogen) atoms. The van der Waals surface area contributed by atoms with E-state index in [0.717, 1.165) is 11.8 Å². The van der Waals surface area contributed by atoms with Gasteiger partial charge in [0.1, 0.15) is 11.9 Å². The summed E-state index contributed by atoms with van der Waals surface area (Å²) in [6.45, 7) is 5.54. The van der Waals surface area contributed by atoms with Crippen molar-refractivity contribution in [2.45, 2.75) is 64.9 Å². The van der Waals surface area contributed by atoms with Crippen molar-refractivity contribution in [3.8, 4) is 11.8 Å². The molecular weight excluding hydrogens is 472 g/mol. The molecule has 1 aromatic heterocycles. The average Bonchev–Trinajstić information content (AvgIpc) is 3.22. The summed E-state index contributed by atoms with van der Waals surface area (Å²) in [7, 11) is -2.67. The molecule has 7 unspecified atom stereocenters. The standard InChI is InChI=1S/C26H32O8S/c1-6-7-20-16(9-11-33-20)15-12-19(27)17-8-10-25(2)18(24(29)32-4)13-21(34-35(5,30)31)22(28)23(25)26(17,3)14-15/h9,11,15,17-18,21,23H,8,10,12-14H2,1-5H3. The zero-order valence-electron chi connectivity index (χ0n) is 20.8. The molecule has 190 valence electrons. The third-order valence-electron chi connectivity index (χ3n) is 8.61. The number of hydrogen-bond acceptors (Lipinski definition) is 8. The van der Waals surface area contributed by atoms with Crippen LogP contribution in [0.3, 0.4) is 0 Å². The Morgan fingerprint density at radius 1 is 1.23 bits per heavy atom. The van der Waals surface area contributed by atoms with Crippen molar-refractivity contribution in [1.82, 2.24) is 0 Å². The third kappa shape index (κ3) is 4.25. The molecule has 4 rings (SSSR count). The molecule has 3 aliphatic rings. The number of methoxy groups -OCH3 is 1. The van der Waals surface area contributed by atoms with Gasteiger partial charge in [0.2, 0.25) is 0 Å². The van der Waals surface area contributed by atoms with E-state index in [4.69, 9.17) is 13.3 Å². The monoisotopic (exact) mass is 504 g/mol. The molecule has 1 heterocycles. The number of ketones is 2. The zero-order chi connectivity index (χ0) is 25.8. The molecule has 0 aromatic carbocycles. The smallest absolute Gasteiger partial charge is 0.309 e. The highest BCUT2D eigenvalue weighted by Gasteiger charge is 2.67. The number of ether oxygens (including phenoxy) is 1. The van der Waals surface area contributed by atoms with Crippen molar-refractivity contribution < 1.29 is 36.1 Å². The molecule has 0 spiro atoms. The van der Waals surface area contributed by atoms with Crippen molar-refractivity contribution >= 4 is 27.7 Å². The molecule has 0 amide bonds. The van der Waals surface area contributed by atoms with Crippen LogP contribution in [0.15, 0.2) is 16.7 Å². The van der Waals surface area contributed by atoms with E-state index in [1.165, 1.54) is 7.11 Å². The van der Waals surface area contributed by atoms with Gasteiger partial charge in [-0.25, -0.2) is 0 Å². The maximum Gasteiger partial charge on any atom is 0.309 e. The summed E-state index contributed by atoms with van der Waals surface area (Å²) in [6, 6.07) is 1.82. The fourth-order valence-electron chi connectivity index (χ4n) is 7.35. The molecule has 7 atom stereocenters. The van der Waals surface area contributed by atoms with Gasteiger partial charge in [-0.2, -0.15) is 8.42 Å². The first-order valence-electron chi connectivity index (χ1n) is 11.9. The predicted octanol–water partition coefficient (Wildman–Crippen LogP) is 3.24. The second-order valence-electron chi connectivity index (χ2n) is 10.7. The Hall–Kier alpha value is -2.44. The van der Waals surface area contributed by atoms with Crippen LogP contribution in [0.5, 0.6) is 0 Å². The van der Waals surface area contributed by atoms with Gasteiger partial charge in [-0.3, -0.25) is 18.6 Å². The van der Waals surface area contributed by atoms with Crippen LogP contribution in [0.25, 0.3) is 0 Å². The number of fused-ring (bicyclic) bond motifs is 3. The van der Waals surface area contributed by atoms with Crippen LogP contribution in [0.1, 0.15) is 70.1 Å². The van der Waals surface area contributed by atoms with Crippen LogP contribution in [0.4, 0.5) is 0 Å². The SMILES string of the molecule is CC#Cc1occc1C1CC(=O)C2CCC3(C)C(C(=O)OC)CC(OS(C)(=O)=O)C(=O)C3C2(C)C1. The van der Waals surface area contributed by atoms with Crippen LogP contribution in [0, 0.1) is 40.4 Å². The topological polar surface area (TPSA) is 117 Å². The van der Waals surface area contributed by atoms with Gasteiger partial charge in [0.25, 0.3) is 10.1 Å². The van der Waals surface area contributed by atoms with Gasteiger partial charge in [0.05, 0.1) is 25.5 Å². The fraction of sp³-hybridized carbons (Fsp3) is 0.654. The summed E-state index contributed by atoms with van der Waals surface area (Å²) in [5, 5.41) is 0. The summed E-state index contributed by atoms with van der Waals surface area (Å²) in [4.78, 5) is 40.3. The molecule has 0 aliphatic heterocycles. The van der Waals surface area contributed by atoms with Crippen molar-refractivity contribution in [2.24, 2.45) is 28.6 Å². The summed E-state index contributed by atoms with van der Waals surface area (Å²) in [5.74, 6) is 3.43. The number of carbonyl (C=O) groups excluding carboxylic acids is 3. The van der Waals surface area contributed by atoms with Gasteiger partial charge < -0.3 is 9.15 Å². The molecule has 3 saturated carbocycles. The lowest BCUT2D eigenvalue weighted by Crippen LogP contribution is -2.64. The van der Waals surface area contributed by atoms with Crippen molar-refractivity contribution in [3.63, 3.8) is 0 Å². The quantitative estimate of drug-likeness (QED) is 0.348. The summed E-state index contributed by atoms with van der Waals surface area (Å²) >= 11 is 0. The highest BCUT2D eigenvalue weighted by atomic mass is 32.2. The van der Waals surface area contributed by atoms with Gasteiger partial charge in [0.15, 0.2) is 11.5 Å². The fourth-order valence-corrected chi connectivity index (χ4v) is 7.95. The highest BCUT2D eigenvalue weighted by Crippen LogP contribution is 2.65. The second-order valence-corrected chi connectivity index (χ2v) is 12.3. The number of rotatable bonds is 4. The molecule has 0 N–H and O–H groups in total. The maximum atomic E-state index is 13.9. The Kier molecular flexibility index (Phi) is 6.52. The number of hydrogen-bond donors (Lipinski definition) is 0. The van der Waals surface area contributed by atoms with Crippen molar-refractivity contribution in [1.29, 1.82) is 0 Å².